The Morgan fingerprint density at radius 2 is 1.97 bits per heavy atom. The summed E-state index contributed by atoms with van der Waals surface area (Å²) in [5, 5.41) is 22.3. The molecule has 2 atom stereocenters. The van der Waals surface area contributed by atoms with Crippen LogP contribution in [0, 0.1) is 5.92 Å². The topological polar surface area (TPSA) is 122 Å². The first-order valence-corrected chi connectivity index (χ1v) is 13.5. The number of rotatable bonds is 13. The van der Waals surface area contributed by atoms with E-state index in [2.05, 4.69) is 6.58 Å². The Morgan fingerprint density at radius 1 is 1.26 bits per heavy atom. The minimum absolute atomic E-state index is 0.0687. The predicted molar refractivity (Wildman–Crippen MR) is 135 cm³/mol. The lowest BCUT2D eigenvalue weighted by Gasteiger charge is -2.32. The molecule has 1 aliphatic carbocycles. The number of ether oxygens (including phenoxy) is 2. The van der Waals surface area contributed by atoms with Crippen LogP contribution in [0.5, 0.6) is 11.5 Å². The second-order valence-electron chi connectivity index (χ2n) is 9.21. The van der Waals surface area contributed by atoms with Gasteiger partial charge in [-0.1, -0.05) is 43.6 Å². The summed E-state index contributed by atoms with van der Waals surface area (Å²) < 4.78 is 38.7. The Morgan fingerprint density at radius 3 is 2.60 bits per heavy atom. The summed E-state index contributed by atoms with van der Waals surface area (Å²) in [6.07, 6.45) is 6.35. The maximum atomic E-state index is 13.3. The molecule has 0 spiro atoms. The Labute approximate surface area is 209 Å². The van der Waals surface area contributed by atoms with Crippen molar-refractivity contribution in [3.05, 3.63) is 41.0 Å². The summed E-state index contributed by atoms with van der Waals surface area (Å²) in [5.74, 6) is -2.06. The highest BCUT2D eigenvalue weighted by Crippen LogP contribution is 2.49. The number of hydrogen-bond acceptors (Lipinski definition) is 7. The zero-order valence-electron chi connectivity index (χ0n) is 21.2. The number of hydrogen-bond donors (Lipinski definition) is 3. The third-order valence-electron chi connectivity index (χ3n) is 6.29. The summed E-state index contributed by atoms with van der Waals surface area (Å²) in [6, 6.07) is 1.41. The Kier molecular flexibility index (Phi) is 10.8. The van der Waals surface area contributed by atoms with Crippen LogP contribution in [0.1, 0.15) is 69.9 Å². The van der Waals surface area contributed by atoms with E-state index in [0.717, 1.165) is 36.8 Å². The van der Waals surface area contributed by atoms with Gasteiger partial charge in [-0.2, -0.15) is 0 Å². The summed E-state index contributed by atoms with van der Waals surface area (Å²) >= 11 is 0. The normalized spacial score (nSPS) is 18.2. The number of amides is 1. The molecule has 3 N–H and O–H groups in total. The van der Waals surface area contributed by atoms with Gasteiger partial charge in [-0.3, -0.25) is 4.79 Å². The number of benzene rings is 1. The van der Waals surface area contributed by atoms with E-state index in [4.69, 9.17) is 9.47 Å². The van der Waals surface area contributed by atoms with Crippen LogP contribution in [0.25, 0.3) is 0 Å². The van der Waals surface area contributed by atoms with Crippen molar-refractivity contribution in [3.63, 3.8) is 0 Å². The average molecular weight is 510 g/mol. The molecular weight excluding hydrogens is 470 g/mol. The maximum absolute atomic E-state index is 13.3. The molecule has 0 fully saturated rings. The van der Waals surface area contributed by atoms with E-state index in [-0.39, 0.29) is 40.9 Å². The summed E-state index contributed by atoms with van der Waals surface area (Å²) in [7, 11) is -2.96. The van der Waals surface area contributed by atoms with Crippen molar-refractivity contribution in [2.24, 2.45) is 5.92 Å². The molecule has 0 aromatic heterocycles. The molecule has 1 amide bonds. The first-order valence-electron chi connectivity index (χ1n) is 12.1. The molecule has 35 heavy (non-hydrogen) atoms. The van der Waals surface area contributed by atoms with Gasteiger partial charge in [0.2, 0.25) is 0 Å². The number of sulfonamides is 1. The molecule has 2 rings (SSSR count). The lowest BCUT2D eigenvalue weighted by molar-refractivity contribution is -0.124. The molecule has 0 saturated carbocycles. The fourth-order valence-electron chi connectivity index (χ4n) is 4.53. The smallest absolute Gasteiger partial charge is 0.268 e. The Balaban J connectivity index is 2.55. The molecule has 0 bridgehead atoms. The fourth-order valence-corrected chi connectivity index (χ4v) is 5.86. The highest BCUT2D eigenvalue weighted by molar-refractivity contribution is 7.90. The van der Waals surface area contributed by atoms with Crippen molar-refractivity contribution in [2.75, 3.05) is 26.9 Å². The van der Waals surface area contributed by atoms with Gasteiger partial charge in [0.15, 0.2) is 0 Å². The predicted octanol–water partition coefficient (Wildman–Crippen LogP) is 4.31. The molecule has 1 aromatic rings. The van der Waals surface area contributed by atoms with Gasteiger partial charge < -0.3 is 19.7 Å². The van der Waals surface area contributed by atoms with Crippen molar-refractivity contribution < 1.29 is 32.9 Å². The van der Waals surface area contributed by atoms with Gasteiger partial charge >= 0.3 is 0 Å². The largest absolute Gasteiger partial charge is 0.507 e. The van der Waals surface area contributed by atoms with Crippen molar-refractivity contribution in [2.45, 2.75) is 70.1 Å². The van der Waals surface area contributed by atoms with Crippen molar-refractivity contribution in [1.29, 1.82) is 0 Å². The molecule has 2 unspecified atom stereocenters. The number of phenolic OH excluding ortho intramolecular Hbond substituents is 2. The monoisotopic (exact) mass is 509 g/mol. The molecule has 8 nitrogen and oxygen atoms in total. The van der Waals surface area contributed by atoms with E-state index in [1.807, 2.05) is 31.6 Å². The Hall–Kier alpha value is -2.36. The van der Waals surface area contributed by atoms with Gasteiger partial charge in [-0.05, 0) is 57.1 Å². The second kappa shape index (κ2) is 13.1. The van der Waals surface area contributed by atoms with Gasteiger partial charge in [0.05, 0.1) is 13.2 Å². The van der Waals surface area contributed by atoms with Crippen LogP contribution in [0.15, 0.2) is 34.8 Å². The van der Waals surface area contributed by atoms with Crippen LogP contribution in [0.3, 0.4) is 0 Å². The van der Waals surface area contributed by atoms with Crippen LogP contribution in [0.4, 0.5) is 0 Å². The molecule has 9 heteroatoms. The van der Waals surface area contributed by atoms with E-state index in [0.29, 0.717) is 12.8 Å². The zero-order valence-corrected chi connectivity index (χ0v) is 22.0. The summed E-state index contributed by atoms with van der Waals surface area (Å²) in [5.41, 5.74) is 2.38. The van der Waals surface area contributed by atoms with Crippen LogP contribution in [-0.4, -0.2) is 51.5 Å². The minimum Gasteiger partial charge on any atom is -0.507 e. The second-order valence-corrected chi connectivity index (χ2v) is 10.8. The number of aryl methyl sites for hydroxylation is 1. The lowest BCUT2D eigenvalue weighted by atomic mass is 9.73. The van der Waals surface area contributed by atoms with Gasteiger partial charge in [-0.25, -0.2) is 13.1 Å². The van der Waals surface area contributed by atoms with E-state index in [9.17, 15) is 23.4 Å². The van der Waals surface area contributed by atoms with Gasteiger partial charge in [-0.15, -0.1) is 0 Å². The van der Waals surface area contributed by atoms with E-state index < -0.39 is 34.2 Å². The van der Waals surface area contributed by atoms with Crippen LogP contribution < -0.4 is 4.72 Å². The SMILES string of the molecule is C=C(C)C1CCC(C)=CC1c1c(O)cc(CCCCC)c(S(=O)(=O)NC(=O)COCCOC)c1O. The first-order chi connectivity index (χ1) is 16.5. The molecule has 0 radical (unpaired) electrons. The standard InChI is InChI=1S/C26H39NO7S/c1-6-7-8-9-19-15-22(28)24(21-14-18(4)10-11-20(21)17(2)3)25(30)26(19)35(31,32)27-23(29)16-34-13-12-33-5/h14-15,20-21,28,30H,2,6-13,16H2,1,3-5H3,(H,27,29). The number of allylic oxidation sites excluding steroid dienone is 3. The average Bonchev–Trinajstić information content (AvgIpc) is 2.76. The van der Waals surface area contributed by atoms with E-state index in [1.165, 1.54) is 13.2 Å². The van der Waals surface area contributed by atoms with Gasteiger partial charge in [0, 0.05) is 18.6 Å². The lowest BCUT2D eigenvalue weighted by Crippen LogP contribution is -2.34. The number of methoxy groups -OCH3 is 1. The quantitative estimate of drug-likeness (QED) is 0.267. The maximum Gasteiger partial charge on any atom is 0.268 e. The molecule has 0 heterocycles. The van der Waals surface area contributed by atoms with Crippen molar-refractivity contribution in [1.82, 2.24) is 4.72 Å². The number of phenols is 2. The van der Waals surface area contributed by atoms with Crippen LogP contribution in [-0.2, 0) is 30.7 Å². The van der Waals surface area contributed by atoms with Gasteiger partial charge in [0.1, 0.15) is 23.0 Å². The number of carbonyl (C=O) groups is 1. The van der Waals surface area contributed by atoms with Crippen molar-refractivity contribution in [3.8, 4) is 11.5 Å². The molecular formula is C26H39NO7S. The van der Waals surface area contributed by atoms with E-state index in [1.54, 1.807) is 0 Å². The molecule has 0 aliphatic heterocycles. The van der Waals surface area contributed by atoms with Crippen LogP contribution >= 0.6 is 0 Å². The van der Waals surface area contributed by atoms with Crippen LogP contribution in [0.2, 0.25) is 0 Å². The minimum atomic E-state index is -4.44. The fraction of sp³-hybridized carbons (Fsp3) is 0.577. The molecule has 1 aromatic carbocycles. The molecule has 1 aliphatic rings. The van der Waals surface area contributed by atoms with Crippen molar-refractivity contribution >= 4 is 15.9 Å². The highest BCUT2D eigenvalue weighted by Gasteiger charge is 2.35. The number of carbonyl (C=O) groups excluding carboxylic acids is 1. The number of nitrogens with one attached hydrogen (secondary N) is 1. The third kappa shape index (κ3) is 7.56. The third-order valence-corrected chi connectivity index (χ3v) is 7.78. The molecule has 196 valence electrons. The van der Waals surface area contributed by atoms with Gasteiger partial charge in [0.25, 0.3) is 15.9 Å². The number of aromatic hydroxyl groups is 2. The van der Waals surface area contributed by atoms with E-state index >= 15 is 0 Å². The summed E-state index contributed by atoms with van der Waals surface area (Å²) in [6.45, 7) is 9.88. The number of unbranched alkanes of at least 4 members (excludes halogenated alkanes) is 2. The summed E-state index contributed by atoms with van der Waals surface area (Å²) in [4.78, 5) is 11.9. The Bertz CT molecular complexity index is 1050. The highest BCUT2D eigenvalue weighted by atomic mass is 32.2. The zero-order chi connectivity index (χ0) is 26.2. The first kappa shape index (κ1) is 28.9. The molecule has 0 saturated heterocycles.